The molecule has 26 heavy (non-hydrogen) atoms. The van der Waals surface area contributed by atoms with E-state index in [0.717, 1.165) is 0 Å². The van der Waals surface area contributed by atoms with E-state index in [1.807, 2.05) is 27.7 Å². The van der Waals surface area contributed by atoms with Crippen LogP contribution in [0.25, 0.3) is 5.69 Å². The monoisotopic (exact) mass is 362 g/mol. The van der Waals surface area contributed by atoms with Crippen molar-refractivity contribution in [2.45, 2.75) is 33.6 Å². The number of hydrogen-bond acceptors (Lipinski definition) is 4. The molecule has 140 valence electrons. The van der Waals surface area contributed by atoms with E-state index in [-0.39, 0.29) is 29.9 Å². The molecule has 0 spiro atoms. The summed E-state index contributed by atoms with van der Waals surface area (Å²) in [5.41, 5.74) is 0.191. The highest BCUT2D eigenvalue weighted by Crippen LogP contribution is 2.20. The lowest BCUT2D eigenvalue weighted by Crippen LogP contribution is -2.38. The van der Waals surface area contributed by atoms with Crippen LogP contribution in [0.15, 0.2) is 24.3 Å². The lowest BCUT2D eigenvalue weighted by Gasteiger charge is -2.21. The van der Waals surface area contributed by atoms with Gasteiger partial charge in [-0.3, -0.25) is 9.59 Å². The van der Waals surface area contributed by atoms with Crippen LogP contribution in [0, 0.1) is 11.7 Å². The SMILES string of the molecule is CC(C)CN(CC(=O)O)C(=O)c1nc(C(C)C)n(-c2ccccc2F)n1. The minimum Gasteiger partial charge on any atom is -0.480 e. The van der Waals surface area contributed by atoms with E-state index >= 15 is 0 Å². The summed E-state index contributed by atoms with van der Waals surface area (Å²) in [6.45, 7) is 7.30. The number of nitrogens with zero attached hydrogens (tertiary/aromatic N) is 4. The van der Waals surface area contributed by atoms with Crippen molar-refractivity contribution in [3.05, 3.63) is 41.7 Å². The molecule has 0 bridgehead atoms. The number of carbonyl (C=O) groups is 2. The zero-order chi connectivity index (χ0) is 19.4. The molecule has 2 aromatic rings. The molecule has 0 aliphatic heterocycles. The summed E-state index contributed by atoms with van der Waals surface area (Å²) in [7, 11) is 0. The third kappa shape index (κ3) is 4.44. The van der Waals surface area contributed by atoms with Gasteiger partial charge < -0.3 is 10.0 Å². The Labute approximate surface area is 151 Å². The third-order valence-electron chi connectivity index (χ3n) is 3.62. The first kappa shape index (κ1) is 19.6. The first-order valence-electron chi connectivity index (χ1n) is 8.43. The molecule has 0 unspecified atom stereocenters. The Morgan fingerprint density at radius 1 is 1.23 bits per heavy atom. The topological polar surface area (TPSA) is 88.3 Å². The Hall–Kier alpha value is -2.77. The van der Waals surface area contributed by atoms with E-state index in [1.54, 1.807) is 18.2 Å². The van der Waals surface area contributed by atoms with Gasteiger partial charge in [0.15, 0.2) is 0 Å². The normalized spacial score (nSPS) is 11.2. The second-order valence-electron chi connectivity index (χ2n) is 6.78. The average Bonchev–Trinajstić information content (AvgIpc) is 2.98. The maximum absolute atomic E-state index is 14.2. The lowest BCUT2D eigenvalue weighted by molar-refractivity contribution is -0.137. The molecular weight excluding hydrogens is 339 g/mol. The van der Waals surface area contributed by atoms with E-state index < -0.39 is 24.2 Å². The zero-order valence-electron chi connectivity index (χ0n) is 15.3. The Bertz CT molecular complexity index is 801. The average molecular weight is 362 g/mol. The molecular formula is C18H23FN4O3. The van der Waals surface area contributed by atoms with Gasteiger partial charge in [-0.15, -0.1) is 5.10 Å². The van der Waals surface area contributed by atoms with Gasteiger partial charge in [-0.1, -0.05) is 39.8 Å². The zero-order valence-corrected chi connectivity index (χ0v) is 15.3. The number of carboxylic acid groups (broad SMARTS) is 1. The van der Waals surface area contributed by atoms with E-state index in [0.29, 0.717) is 5.82 Å². The highest BCUT2D eigenvalue weighted by atomic mass is 19.1. The van der Waals surface area contributed by atoms with Crippen LogP contribution < -0.4 is 0 Å². The fourth-order valence-electron chi connectivity index (χ4n) is 2.55. The summed E-state index contributed by atoms with van der Waals surface area (Å²) >= 11 is 0. The summed E-state index contributed by atoms with van der Waals surface area (Å²) in [6, 6.07) is 6.08. The summed E-state index contributed by atoms with van der Waals surface area (Å²) in [5.74, 6) is -1.92. The van der Waals surface area contributed by atoms with E-state index in [4.69, 9.17) is 5.11 Å². The Balaban J connectivity index is 2.46. The van der Waals surface area contributed by atoms with Crippen molar-refractivity contribution in [2.75, 3.05) is 13.1 Å². The minimum absolute atomic E-state index is 0.0801. The number of para-hydroxylation sites is 1. The van der Waals surface area contributed by atoms with Crippen molar-refractivity contribution in [3.63, 3.8) is 0 Å². The second kappa shape index (κ2) is 8.07. The van der Waals surface area contributed by atoms with Gasteiger partial charge in [0, 0.05) is 12.5 Å². The molecule has 0 atom stereocenters. The summed E-state index contributed by atoms with van der Waals surface area (Å²) in [4.78, 5) is 29.3. The van der Waals surface area contributed by atoms with Gasteiger partial charge in [0.25, 0.3) is 5.91 Å². The number of halogens is 1. The van der Waals surface area contributed by atoms with Gasteiger partial charge in [-0.2, -0.15) is 0 Å². The van der Waals surface area contributed by atoms with Gasteiger partial charge in [0.1, 0.15) is 23.9 Å². The van der Waals surface area contributed by atoms with Crippen molar-refractivity contribution in [1.82, 2.24) is 19.7 Å². The Morgan fingerprint density at radius 3 is 2.42 bits per heavy atom. The molecule has 1 amide bonds. The van der Waals surface area contributed by atoms with Crippen molar-refractivity contribution in [2.24, 2.45) is 5.92 Å². The van der Waals surface area contributed by atoms with Crippen molar-refractivity contribution in [1.29, 1.82) is 0 Å². The molecule has 1 aromatic heterocycles. The number of carbonyl (C=O) groups excluding carboxylic acids is 1. The van der Waals surface area contributed by atoms with Gasteiger partial charge >= 0.3 is 5.97 Å². The van der Waals surface area contributed by atoms with Crippen LogP contribution in [0.5, 0.6) is 0 Å². The Morgan fingerprint density at radius 2 is 1.88 bits per heavy atom. The van der Waals surface area contributed by atoms with Gasteiger partial charge in [0.2, 0.25) is 5.82 Å². The first-order valence-corrected chi connectivity index (χ1v) is 8.43. The molecule has 0 fully saturated rings. The van der Waals surface area contributed by atoms with Crippen LogP contribution in [0.2, 0.25) is 0 Å². The molecule has 0 aliphatic rings. The molecule has 0 radical (unpaired) electrons. The van der Waals surface area contributed by atoms with Crippen molar-refractivity contribution < 1.29 is 19.1 Å². The molecule has 1 N–H and O–H groups in total. The lowest BCUT2D eigenvalue weighted by atomic mass is 10.2. The molecule has 0 saturated heterocycles. The summed E-state index contributed by atoms with van der Waals surface area (Å²) in [6.07, 6.45) is 0. The highest BCUT2D eigenvalue weighted by molar-refractivity contribution is 5.92. The van der Waals surface area contributed by atoms with Crippen LogP contribution in [-0.4, -0.2) is 49.7 Å². The number of aliphatic carboxylic acids is 1. The smallest absolute Gasteiger partial charge is 0.323 e. The van der Waals surface area contributed by atoms with Gasteiger partial charge in [-0.05, 0) is 18.1 Å². The molecule has 0 saturated carbocycles. The standard InChI is InChI=1S/C18H23FN4O3/c1-11(2)9-22(10-15(24)25)18(26)16-20-17(12(3)4)23(21-16)14-8-6-5-7-13(14)19/h5-8,11-12H,9-10H2,1-4H3,(H,24,25). The van der Waals surface area contributed by atoms with Crippen LogP contribution in [0.3, 0.4) is 0 Å². The molecule has 1 aromatic carbocycles. The maximum atomic E-state index is 14.2. The van der Waals surface area contributed by atoms with E-state index in [9.17, 15) is 14.0 Å². The van der Waals surface area contributed by atoms with Crippen molar-refractivity contribution in [3.8, 4) is 5.69 Å². The van der Waals surface area contributed by atoms with Crippen LogP contribution in [0.4, 0.5) is 4.39 Å². The number of benzene rings is 1. The molecule has 7 nitrogen and oxygen atoms in total. The minimum atomic E-state index is -1.11. The largest absolute Gasteiger partial charge is 0.480 e. The van der Waals surface area contributed by atoms with E-state index in [2.05, 4.69) is 10.1 Å². The predicted octanol–water partition coefficient (Wildman–Crippen LogP) is 2.71. The number of carboxylic acids is 1. The predicted molar refractivity (Wildman–Crippen MR) is 93.8 cm³/mol. The number of rotatable bonds is 7. The second-order valence-corrected chi connectivity index (χ2v) is 6.78. The summed E-state index contributed by atoms with van der Waals surface area (Å²) < 4.78 is 15.5. The maximum Gasteiger partial charge on any atom is 0.323 e. The number of amides is 1. The molecule has 2 rings (SSSR count). The van der Waals surface area contributed by atoms with Gasteiger partial charge in [0.05, 0.1) is 0 Å². The summed E-state index contributed by atoms with van der Waals surface area (Å²) in [5, 5.41) is 13.2. The first-order chi connectivity index (χ1) is 12.2. The Kier molecular flexibility index (Phi) is 6.07. The third-order valence-corrected chi connectivity index (χ3v) is 3.62. The quantitative estimate of drug-likeness (QED) is 0.818. The molecule has 8 heteroatoms. The van der Waals surface area contributed by atoms with Crippen molar-refractivity contribution >= 4 is 11.9 Å². The number of hydrogen-bond donors (Lipinski definition) is 1. The molecule has 0 aliphatic carbocycles. The fourth-order valence-corrected chi connectivity index (χ4v) is 2.55. The highest BCUT2D eigenvalue weighted by Gasteiger charge is 2.26. The van der Waals surface area contributed by atoms with E-state index in [1.165, 1.54) is 15.6 Å². The van der Waals surface area contributed by atoms with Crippen LogP contribution in [0.1, 0.15) is 50.1 Å². The fraction of sp³-hybridized carbons (Fsp3) is 0.444. The van der Waals surface area contributed by atoms with Gasteiger partial charge in [-0.25, -0.2) is 14.1 Å². The van der Waals surface area contributed by atoms with Crippen LogP contribution >= 0.6 is 0 Å². The van der Waals surface area contributed by atoms with Crippen LogP contribution in [-0.2, 0) is 4.79 Å². The number of aromatic nitrogens is 3. The molecule has 1 heterocycles.